The highest BCUT2D eigenvalue weighted by Gasteiger charge is 2.19. The number of rotatable bonds is 48. The van der Waals surface area contributed by atoms with Crippen LogP contribution in [0.15, 0.2) is 134 Å². The lowest BCUT2D eigenvalue weighted by atomic mass is 10.1. The molecule has 0 aliphatic rings. The van der Waals surface area contributed by atoms with Crippen molar-refractivity contribution >= 4 is 17.9 Å². The van der Waals surface area contributed by atoms with Crippen molar-refractivity contribution in [2.75, 3.05) is 13.2 Å². The summed E-state index contributed by atoms with van der Waals surface area (Å²) in [6.45, 7) is 6.31. The second-order valence-electron chi connectivity index (χ2n) is 17.7. The number of hydrogen-bond acceptors (Lipinski definition) is 6. The van der Waals surface area contributed by atoms with Crippen molar-refractivity contribution in [1.29, 1.82) is 0 Å². The Kier molecular flexibility index (Phi) is 52.5. The standard InChI is InChI=1S/C63H100O6/c1-4-7-10-13-16-19-22-25-28-30-31-33-36-38-41-44-47-50-53-56-62(65)68-59-60(69-63(66)57-54-51-48-45-42-39-34-27-24-21-18-15-12-9-6-3)58-67-61(64)55-52-49-46-43-40-37-35-32-29-26-23-20-17-14-11-8-5-2/h8-9,11-12,16-21,25-29,31,33-35,37-38,41,60H,4-7,10,13-15,22-24,30,32,36,39-40,42-59H2,1-3H3/b11-8-,12-9-,19-16-,20-17-,21-18-,28-25-,29-26-,33-31-,34-27-,37-35-,41-38-/t60-/m1/s1. The third kappa shape index (κ3) is 54.4. The summed E-state index contributed by atoms with van der Waals surface area (Å²) in [6.07, 6.45) is 78.6. The van der Waals surface area contributed by atoms with Gasteiger partial charge < -0.3 is 14.2 Å². The molecule has 0 fully saturated rings. The number of unbranched alkanes of at least 4 members (excludes halogenated alkanes) is 15. The molecule has 0 spiro atoms. The van der Waals surface area contributed by atoms with Gasteiger partial charge in [-0.1, -0.05) is 206 Å². The lowest BCUT2D eigenvalue weighted by Gasteiger charge is -2.18. The van der Waals surface area contributed by atoms with E-state index in [9.17, 15) is 14.4 Å². The SMILES string of the molecule is CC/C=C\C/C=C\C/C=C\C/C=C\CCCCCCC(=O)OC[C@H](COC(=O)CCCCC/C=C\C/C=C\C/C=C\C/C=C\CCCCC)OC(=O)CCCCCCC/C=C\C/C=C\C/C=C\CC. The van der Waals surface area contributed by atoms with E-state index in [0.29, 0.717) is 19.3 Å². The van der Waals surface area contributed by atoms with E-state index in [1.54, 1.807) is 0 Å². The highest BCUT2D eigenvalue weighted by Crippen LogP contribution is 2.12. The smallest absolute Gasteiger partial charge is 0.306 e. The van der Waals surface area contributed by atoms with E-state index in [1.807, 2.05) is 0 Å². The van der Waals surface area contributed by atoms with Crippen LogP contribution in [-0.4, -0.2) is 37.2 Å². The van der Waals surface area contributed by atoms with Crippen LogP contribution in [0.5, 0.6) is 0 Å². The van der Waals surface area contributed by atoms with Gasteiger partial charge in [0.05, 0.1) is 0 Å². The fraction of sp³-hybridized carbons (Fsp3) is 0.603. The lowest BCUT2D eigenvalue weighted by Crippen LogP contribution is -2.30. The van der Waals surface area contributed by atoms with E-state index in [-0.39, 0.29) is 31.1 Å². The number of carbonyl (C=O) groups excluding carboxylic acids is 3. The molecule has 0 N–H and O–H groups in total. The van der Waals surface area contributed by atoms with E-state index in [1.165, 1.54) is 25.7 Å². The summed E-state index contributed by atoms with van der Waals surface area (Å²) >= 11 is 0. The van der Waals surface area contributed by atoms with Crippen LogP contribution in [0.25, 0.3) is 0 Å². The molecule has 0 radical (unpaired) electrons. The molecule has 69 heavy (non-hydrogen) atoms. The summed E-state index contributed by atoms with van der Waals surface area (Å²) in [5, 5.41) is 0. The van der Waals surface area contributed by atoms with E-state index in [0.717, 1.165) is 161 Å². The molecule has 0 unspecified atom stereocenters. The zero-order chi connectivity index (χ0) is 50.0. The number of carbonyl (C=O) groups is 3. The van der Waals surface area contributed by atoms with Crippen molar-refractivity contribution in [3.8, 4) is 0 Å². The van der Waals surface area contributed by atoms with Gasteiger partial charge in [-0.25, -0.2) is 0 Å². The fourth-order valence-electron chi connectivity index (χ4n) is 7.02. The van der Waals surface area contributed by atoms with Gasteiger partial charge in [-0.05, 0) is 135 Å². The van der Waals surface area contributed by atoms with Gasteiger partial charge in [0, 0.05) is 19.3 Å². The Morgan fingerprint density at radius 3 is 0.899 bits per heavy atom. The van der Waals surface area contributed by atoms with Gasteiger partial charge in [-0.15, -0.1) is 0 Å². The minimum atomic E-state index is -0.816. The quantitative estimate of drug-likeness (QED) is 0.0262. The highest BCUT2D eigenvalue weighted by molar-refractivity contribution is 5.71. The Morgan fingerprint density at radius 2 is 0.565 bits per heavy atom. The third-order valence-corrected chi connectivity index (χ3v) is 11.1. The van der Waals surface area contributed by atoms with Crippen molar-refractivity contribution in [3.05, 3.63) is 134 Å². The summed E-state index contributed by atoms with van der Waals surface area (Å²) in [6, 6.07) is 0. The first-order valence-corrected chi connectivity index (χ1v) is 27.7. The van der Waals surface area contributed by atoms with Crippen LogP contribution >= 0.6 is 0 Å². The monoisotopic (exact) mass is 953 g/mol. The Bertz CT molecular complexity index is 1510. The molecule has 1 atom stereocenters. The Balaban J connectivity index is 4.54. The fourth-order valence-corrected chi connectivity index (χ4v) is 7.02. The van der Waals surface area contributed by atoms with Crippen LogP contribution in [0, 0.1) is 0 Å². The molecule has 0 amide bonds. The van der Waals surface area contributed by atoms with Gasteiger partial charge in [-0.2, -0.15) is 0 Å². The summed E-state index contributed by atoms with van der Waals surface area (Å²) in [7, 11) is 0. The molecule has 0 bridgehead atoms. The number of esters is 3. The van der Waals surface area contributed by atoms with Crippen LogP contribution in [-0.2, 0) is 28.6 Å². The minimum absolute atomic E-state index is 0.113. The van der Waals surface area contributed by atoms with Crippen molar-refractivity contribution < 1.29 is 28.6 Å². The van der Waals surface area contributed by atoms with Crippen molar-refractivity contribution in [2.45, 2.75) is 232 Å². The largest absolute Gasteiger partial charge is 0.462 e. The van der Waals surface area contributed by atoms with Gasteiger partial charge in [0.15, 0.2) is 6.10 Å². The molecule has 0 aliphatic heterocycles. The molecule has 0 aromatic rings. The summed E-state index contributed by atoms with van der Waals surface area (Å²) in [5.41, 5.74) is 0. The summed E-state index contributed by atoms with van der Waals surface area (Å²) < 4.78 is 16.8. The number of ether oxygens (including phenoxy) is 3. The lowest BCUT2D eigenvalue weighted by molar-refractivity contribution is -0.167. The van der Waals surface area contributed by atoms with E-state index < -0.39 is 6.10 Å². The Hall–Kier alpha value is -4.45. The number of allylic oxidation sites excluding steroid dienone is 22. The first-order chi connectivity index (χ1) is 34.0. The summed E-state index contributed by atoms with van der Waals surface area (Å²) in [5.74, 6) is -0.989. The molecule has 6 heteroatoms. The molecule has 0 aromatic heterocycles. The molecule has 6 nitrogen and oxygen atoms in total. The Morgan fingerprint density at radius 1 is 0.304 bits per heavy atom. The van der Waals surface area contributed by atoms with Crippen molar-refractivity contribution in [1.82, 2.24) is 0 Å². The van der Waals surface area contributed by atoms with E-state index in [2.05, 4.69) is 154 Å². The maximum absolute atomic E-state index is 12.8. The van der Waals surface area contributed by atoms with Crippen LogP contribution in [0.1, 0.15) is 226 Å². The zero-order valence-electron chi connectivity index (χ0n) is 44.3. The van der Waals surface area contributed by atoms with Crippen molar-refractivity contribution in [3.63, 3.8) is 0 Å². The molecule has 0 rings (SSSR count). The molecule has 0 saturated heterocycles. The predicted molar refractivity (Wildman–Crippen MR) is 297 cm³/mol. The molecule has 388 valence electrons. The molecular weight excluding hydrogens is 853 g/mol. The van der Waals surface area contributed by atoms with Gasteiger partial charge in [0.1, 0.15) is 13.2 Å². The first kappa shape index (κ1) is 64.5. The maximum Gasteiger partial charge on any atom is 0.306 e. The van der Waals surface area contributed by atoms with Gasteiger partial charge >= 0.3 is 17.9 Å². The van der Waals surface area contributed by atoms with Crippen molar-refractivity contribution in [2.24, 2.45) is 0 Å². The summed E-state index contributed by atoms with van der Waals surface area (Å²) in [4.78, 5) is 38.1. The van der Waals surface area contributed by atoms with Crippen LogP contribution < -0.4 is 0 Å². The average Bonchev–Trinajstić information content (AvgIpc) is 3.35. The van der Waals surface area contributed by atoms with E-state index >= 15 is 0 Å². The molecule has 0 aromatic carbocycles. The van der Waals surface area contributed by atoms with E-state index in [4.69, 9.17) is 14.2 Å². The zero-order valence-corrected chi connectivity index (χ0v) is 44.3. The second kappa shape index (κ2) is 56.1. The van der Waals surface area contributed by atoms with Gasteiger partial charge in [0.2, 0.25) is 0 Å². The second-order valence-corrected chi connectivity index (χ2v) is 17.7. The molecule has 0 aliphatic carbocycles. The van der Waals surface area contributed by atoms with Crippen LogP contribution in [0.4, 0.5) is 0 Å². The van der Waals surface area contributed by atoms with Crippen LogP contribution in [0.3, 0.4) is 0 Å². The highest BCUT2D eigenvalue weighted by atomic mass is 16.6. The minimum Gasteiger partial charge on any atom is -0.462 e. The third-order valence-electron chi connectivity index (χ3n) is 11.1. The maximum atomic E-state index is 12.8. The molecule has 0 heterocycles. The predicted octanol–water partition coefficient (Wildman–Crippen LogP) is 18.6. The topological polar surface area (TPSA) is 78.9 Å². The van der Waals surface area contributed by atoms with Gasteiger partial charge in [0.25, 0.3) is 0 Å². The first-order valence-electron chi connectivity index (χ1n) is 27.7. The van der Waals surface area contributed by atoms with Crippen LogP contribution in [0.2, 0.25) is 0 Å². The Labute approximate surface area is 424 Å². The molecular formula is C63H100O6. The average molecular weight is 953 g/mol. The molecule has 0 saturated carbocycles. The number of hydrogen-bond donors (Lipinski definition) is 0. The normalized spacial score (nSPS) is 13.1. The van der Waals surface area contributed by atoms with Gasteiger partial charge in [-0.3, -0.25) is 14.4 Å².